The van der Waals surface area contributed by atoms with E-state index in [2.05, 4.69) is 11.6 Å². The summed E-state index contributed by atoms with van der Waals surface area (Å²) in [6.45, 7) is 2.17. The van der Waals surface area contributed by atoms with Gasteiger partial charge in [0.15, 0.2) is 0 Å². The van der Waals surface area contributed by atoms with E-state index in [4.69, 9.17) is 0 Å². The summed E-state index contributed by atoms with van der Waals surface area (Å²) in [5.41, 5.74) is 0.664. The molecule has 2 amide bonds. The van der Waals surface area contributed by atoms with Crippen molar-refractivity contribution in [2.24, 2.45) is 5.92 Å². The molecular weight excluding hydrogens is 323 g/mol. The number of aromatic nitrogens is 1. The van der Waals surface area contributed by atoms with Gasteiger partial charge in [0.1, 0.15) is 6.54 Å². The summed E-state index contributed by atoms with van der Waals surface area (Å²) in [5.74, 6) is -1.71. The molecule has 0 N–H and O–H groups in total. The molecule has 1 fully saturated rings. The molecule has 1 saturated heterocycles. The minimum Gasteiger partial charge on any atom is -0.336 e. The molecule has 0 saturated carbocycles. The van der Waals surface area contributed by atoms with Gasteiger partial charge in [0.05, 0.1) is 18.2 Å². The maximum absolute atomic E-state index is 12.6. The maximum Gasteiger partial charge on any atom is 0.406 e. The van der Waals surface area contributed by atoms with Crippen molar-refractivity contribution in [3.8, 4) is 0 Å². The first-order valence-corrected chi connectivity index (χ1v) is 7.44. The lowest BCUT2D eigenvalue weighted by Gasteiger charge is -2.25. The summed E-state index contributed by atoms with van der Waals surface area (Å²) in [6, 6.07) is 5.27. The average Bonchev–Trinajstić information content (AvgIpc) is 2.87. The summed E-state index contributed by atoms with van der Waals surface area (Å²) in [7, 11) is 0. The van der Waals surface area contributed by atoms with Crippen LogP contribution < -0.4 is 0 Å². The molecule has 8 heteroatoms. The first-order valence-electron chi connectivity index (χ1n) is 7.44. The number of nitrogens with zero attached hydrogens (tertiary/aromatic N) is 3. The molecule has 0 spiro atoms. The molecule has 0 bridgehead atoms. The zero-order valence-electron chi connectivity index (χ0n) is 13.0. The van der Waals surface area contributed by atoms with Gasteiger partial charge in [-0.05, 0) is 12.1 Å². The smallest absolute Gasteiger partial charge is 0.336 e. The highest BCUT2D eigenvalue weighted by molar-refractivity contribution is 5.89. The van der Waals surface area contributed by atoms with Crippen LogP contribution in [-0.4, -0.2) is 52.4 Å². The number of hydrogen-bond acceptors (Lipinski definition) is 3. The fourth-order valence-corrected chi connectivity index (χ4v) is 2.64. The van der Waals surface area contributed by atoms with Crippen LogP contribution in [0.5, 0.6) is 0 Å². The Bertz CT molecular complexity index is 604. The monoisotopic (exact) mass is 341 g/mol. The van der Waals surface area contributed by atoms with E-state index in [1.165, 1.54) is 11.0 Å². The van der Waals surface area contributed by atoms with Crippen LogP contribution in [0.15, 0.2) is 37.1 Å². The molecule has 1 aliphatic heterocycles. The highest BCUT2D eigenvalue weighted by Crippen LogP contribution is 2.24. The number of alkyl halides is 3. The van der Waals surface area contributed by atoms with Gasteiger partial charge in [-0.2, -0.15) is 13.2 Å². The predicted molar refractivity (Wildman–Crippen MR) is 80.6 cm³/mol. The van der Waals surface area contributed by atoms with Gasteiger partial charge in [0, 0.05) is 25.7 Å². The number of hydrogen-bond donors (Lipinski definition) is 0. The second-order valence-corrected chi connectivity index (χ2v) is 5.62. The molecule has 1 unspecified atom stereocenters. The molecular formula is C16H18F3N3O2. The highest BCUT2D eigenvalue weighted by Gasteiger charge is 2.39. The molecule has 1 aromatic rings. The highest BCUT2D eigenvalue weighted by atomic mass is 19.4. The summed E-state index contributed by atoms with van der Waals surface area (Å²) in [6.07, 6.45) is -1.74. The minimum atomic E-state index is -4.49. The van der Waals surface area contributed by atoms with E-state index in [1.807, 2.05) is 0 Å². The third kappa shape index (κ3) is 4.81. The largest absolute Gasteiger partial charge is 0.406 e. The van der Waals surface area contributed by atoms with E-state index in [0.29, 0.717) is 10.6 Å². The quantitative estimate of drug-likeness (QED) is 0.744. The normalized spacial score (nSPS) is 17.9. The minimum absolute atomic E-state index is 0.0861. The summed E-state index contributed by atoms with van der Waals surface area (Å²) >= 11 is 0. The number of carbonyl (C=O) groups is 2. The standard InChI is InChI=1S/C16H18F3N3O2/c1-2-7-21(11-16(17,18)19)15(24)12-8-14(23)22(9-12)10-13-5-3-4-6-20-13/h2-6,12H,1,7-11H2. The zero-order valence-corrected chi connectivity index (χ0v) is 13.0. The Morgan fingerprint density at radius 1 is 1.46 bits per heavy atom. The van der Waals surface area contributed by atoms with E-state index in [1.54, 1.807) is 24.4 Å². The average molecular weight is 341 g/mol. The first-order chi connectivity index (χ1) is 11.3. The Morgan fingerprint density at radius 2 is 2.21 bits per heavy atom. The van der Waals surface area contributed by atoms with Gasteiger partial charge in [-0.1, -0.05) is 12.1 Å². The lowest BCUT2D eigenvalue weighted by molar-refractivity contribution is -0.162. The Balaban J connectivity index is 2.02. The van der Waals surface area contributed by atoms with Gasteiger partial charge >= 0.3 is 6.18 Å². The van der Waals surface area contributed by atoms with Crippen molar-refractivity contribution in [1.29, 1.82) is 0 Å². The zero-order chi connectivity index (χ0) is 17.7. The molecule has 5 nitrogen and oxygen atoms in total. The lowest BCUT2D eigenvalue weighted by atomic mass is 10.1. The van der Waals surface area contributed by atoms with Crippen LogP contribution in [0.3, 0.4) is 0 Å². The second kappa shape index (κ2) is 7.46. The third-order valence-corrected chi connectivity index (χ3v) is 3.67. The van der Waals surface area contributed by atoms with Crippen LogP contribution >= 0.6 is 0 Å². The van der Waals surface area contributed by atoms with Crippen molar-refractivity contribution in [2.75, 3.05) is 19.6 Å². The van der Waals surface area contributed by atoms with Gasteiger partial charge in [-0.3, -0.25) is 14.6 Å². The van der Waals surface area contributed by atoms with E-state index in [0.717, 1.165) is 0 Å². The molecule has 0 aliphatic carbocycles. The van der Waals surface area contributed by atoms with Crippen molar-refractivity contribution in [3.63, 3.8) is 0 Å². The van der Waals surface area contributed by atoms with Crippen molar-refractivity contribution < 1.29 is 22.8 Å². The van der Waals surface area contributed by atoms with Crippen molar-refractivity contribution in [1.82, 2.24) is 14.8 Å². The Hall–Kier alpha value is -2.38. The van der Waals surface area contributed by atoms with Crippen LogP contribution in [0, 0.1) is 5.92 Å². The van der Waals surface area contributed by atoms with Gasteiger partial charge in [0.2, 0.25) is 11.8 Å². The topological polar surface area (TPSA) is 53.5 Å². The maximum atomic E-state index is 12.6. The molecule has 1 aromatic heterocycles. The summed E-state index contributed by atoms with van der Waals surface area (Å²) < 4.78 is 37.8. The molecule has 2 heterocycles. The summed E-state index contributed by atoms with van der Waals surface area (Å²) in [4.78, 5) is 30.6. The van der Waals surface area contributed by atoms with E-state index >= 15 is 0 Å². The third-order valence-electron chi connectivity index (χ3n) is 3.67. The fourth-order valence-electron chi connectivity index (χ4n) is 2.64. The van der Waals surface area contributed by atoms with Gasteiger partial charge < -0.3 is 9.80 Å². The van der Waals surface area contributed by atoms with Crippen LogP contribution in [0.25, 0.3) is 0 Å². The van der Waals surface area contributed by atoms with Gasteiger partial charge in [-0.15, -0.1) is 6.58 Å². The SMILES string of the molecule is C=CCN(CC(F)(F)F)C(=O)C1CC(=O)N(Cc2ccccn2)C1. The number of halogens is 3. The van der Waals surface area contributed by atoms with Crippen LogP contribution in [0.4, 0.5) is 13.2 Å². The molecule has 1 aliphatic rings. The van der Waals surface area contributed by atoms with Gasteiger partial charge in [0.25, 0.3) is 0 Å². The number of pyridine rings is 1. The van der Waals surface area contributed by atoms with E-state index in [9.17, 15) is 22.8 Å². The number of carbonyl (C=O) groups excluding carboxylic acids is 2. The number of amides is 2. The molecule has 1 atom stereocenters. The summed E-state index contributed by atoms with van der Waals surface area (Å²) in [5, 5.41) is 0. The van der Waals surface area contributed by atoms with E-state index in [-0.39, 0.29) is 32.0 Å². The van der Waals surface area contributed by atoms with Crippen LogP contribution in [-0.2, 0) is 16.1 Å². The van der Waals surface area contributed by atoms with Crippen molar-refractivity contribution >= 4 is 11.8 Å². The van der Waals surface area contributed by atoms with Crippen LogP contribution in [0.2, 0.25) is 0 Å². The lowest BCUT2D eigenvalue weighted by Crippen LogP contribution is -2.43. The molecule has 0 aromatic carbocycles. The number of likely N-dealkylation sites (tertiary alicyclic amines) is 1. The Labute approximate surface area is 137 Å². The van der Waals surface area contributed by atoms with Crippen LogP contribution in [0.1, 0.15) is 12.1 Å². The predicted octanol–water partition coefficient (Wildman–Crippen LogP) is 2.01. The molecule has 24 heavy (non-hydrogen) atoms. The molecule has 130 valence electrons. The van der Waals surface area contributed by atoms with E-state index < -0.39 is 24.5 Å². The fraction of sp³-hybridized carbons (Fsp3) is 0.438. The number of rotatable bonds is 6. The second-order valence-electron chi connectivity index (χ2n) is 5.62. The Morgan fingerprint density at radius 3 is 2.79 bits per heavy atom. The Kier molecular flexibility index (Phi) is 5.58. The van der Waals surface area contributed by atoms with Crippen molar-refractivity contribution in [2.45, 2.75) is 19.1 Å². The molecule has 2 rings (SSSR count). The van der Waals surface area contributed by atoms with Gasteiger partial charge in [-0.25, -0.2) is 0 Å². The van der Waals surface area contributed by atoms with Crippen molar-refractivity contribution in [3.05, 3.63) is 42.7 Å². The first kappa shape index (κ1) is 18.0. The molecule has 0 radical (unpaired) electrons.